The fraction of sp³-hybridized carbons (Fsp3) is 0.500. The lowest BCUT2D eigenvalue weighted by Gasteiger charge is -2.22. The average Bonchev–Trinajstić information content (AvgIpc) is 2.94. The van der Waals surface area contributed by atoms with Gasteiger partial charge < -0.3 is 5.11 Å². The highest BCUT2D eigenvalue weighted by atomic mass is 32.2. The van der Waals surface area contributed by atoms with Crippen molar-refractivity contribution in [1.29, 1.82) is 0 Å². The molecule has 1 fully saturated rings. The molecule has 8 heteroatoms. The Labute approximate surface area is 134 Å². The molecule has 0 bridgehead atoms. The first-order valence-electron chi connectivity index (χ1n) is 7.06. The first kappa shape index (κ1) is 17.3. The monoisotopic (exact) mass is 344 g/mol. The van der Waals surface area contributed by atoms with Crippen LogP contribution in [0.15, 0.2) is 35.2 Å². The molecule has 1 unspecified atom stereocenters. The van der Waals surface area contributed by atoms with E-state index >= 15 is 0 Å². The van der Waals surface area contributed by atoms with E-state index in [9.17, 15) is 13.2 Å². The van der Waals surface area contributed by atoms with Crippen LogP contribution in [0.5, 0.6) is 0 Å². The molecule has 1 heterocycles. The number of carboxylic acids is 1. The van der Waals surface area contributed by atoms with Crippen molar-refractivity contribution in [3.8, 4) is 0 Å². The average molecular weight is 344 g/mol. The van der Waals surface area contributed by atoms with E-state index in [-0.39, 0.29) is 10.9 Å². The molecular formula is C14H20N2O4S2. The van der Waals surface area contributed by atoms with Gasteiger partial charge in [-0.3, -0.25) is 4.90 Å². The normalized spacial score (nSPS) is 20.9. The van der Waals surface area contributed by atoms with Gasteiger partial charge in [0.2, 0.25) is 10.0 Å². The van der Waals surface area contributed by atoms with Crippen LogP contribution >= 0.6 is 11.8 Å². The summed E-state index contributed by atoms with van der Waals surface area (Å²) in [6.07, 6.45) is 0.566. The Kier molecular flexibility index (Phi) is 5.85. The topological polar surface area (TPSA) is 86.7 Å². The van der Waals surface area contributed by atoms with Crippen molar-refractivity contribution in [2.75, 3.05) is 18.8 Å². The molecule has 0 aromatic heterocycles. The Morgan fingerprint density at radius 3 is 2.77 bits per heavy atom. The molecule has 0 spiro atoms. The zero-order valence-electron chi connectivity index (χ0n) is 12.3. The number of carboxylic acid groups (broad SMARTS) is 1. The smallest absolute Gasteiger partial charge is 0.331 e. The van der Waals surface area contributed by atoms with Gasteiger partial charge in [0.15, 0.2) is 5.37 Å². The number of hydrogen-bond acceptors (Lipinski definition) is 5. The Balaban J connectivity index is 1.88. The zero-order chi connectivity index (χ0) is 16.2. The molecule has 0 amide bonds. The van der Waals surface area contributed by atoms with Crippen molar-refractivity contribution in [2.24, 2.45) is 0 Å². The van der Waals surface area contributed by atoms with Crippen molar-refractivity contribution >= 4 is 27.8 Å². The van der Waals surface area contributed by atoms with Crippen molar-refractivity contribution in [3.63, 3.8) is 0 Å². The lowest BCUT2D eigenvalue weighted by molar-refractivity contribution is -0.139. The van der Waals surface area contributed by atoms with Crippen LogP contribution < -0.4 is 4.72 Å². The number of thioether (sulfide) groups is 1. The van der Waals surface area contributed by atoms with E-state index in [1.165, 1.54) is 11.8 Å². The summed E-state index contributed by atoms with van der Waals surface area (Å²) in [6.45, 7) is 3.07. The maximum Gasteiger partial charge on any atom is 0.331 e. The number of nitrogens with one attached hydrogen (secondary N) is 1. The quantitative estimate of drug-likeness (QED) is 0.773. The molecule has 1 aromatic rings. The lowest BCUT2D eigenvalue weighted by atomic mass is 10.2. The van der Waals surface area contributed by atoms with E-state index in [2.05, 4.69) is 4.72 Å². The predicted molar refractivity (Wildman–Crippen MR) is 86.3 cm³/mol. The van der Waals surface area contributed by atoms with Crippen LogP contribution in [0.4, 0.5) is 0 Å². The zero-order valence-corrected chi connectivity index (χ0v) is 13.9. The second-order valence-electron chi connectivity index (χ2n) is 5.22. The summed E-state index contributed by atoms with van der Waals surface area (Å²) in [5.74, 6) is -0.0406. The molecule has 122 valence electrons. The Morgan fingerprint density at radius 2 is 2.14 bits per heavy atom. The number of nitrogens with zero attached hydrogens (tertiary/aromatic N) is 1. The summed E-state index contributed by atoms with van der Waals surface area (Å²) >= 11 is 1.41. The molecule has 2 N–H and O–H groups in total. The van der Waals surface area contributed by atoms with E-state index in [4.69, 9.17) is 5.11 Å². The summed E-state index contributed by atoms with van der Waals surface area (Å²) in [4.78, 5) is 13.2. The minimum absolute atomic E-state index is 0.238. The minimum Gasteiger partial charge on any atom is -0.479 e. The Hall–Kier alpha value is -1.09. The van der Waals surface area contributed by atoms with Gasteiger partial charge in [0, 0.05) is 24.9 Å². The first-order valence-corrected chi connectivity index (χ1v) is 9.59. The molecule has 1 aliphatic rings. The summed E-state index contributed by atoms with van der Waals surface area (Å²) in [5, 5.41) is 8.59. The summed E-state index contributed by atoms with van der Waals surface area (Å²) < 4.78 is 27.0. The molecule has 0 saturated carbocycles. The van der Waals surface area contributed by atoms with Crippen molar-refractivity contribution < 1.29 is 18.3 Å². The lowest BCUT2D eigenvalue weighted by Crippen LogP contribution is -2.39. The van der Waals surface area contributed by atoms with Crippen LogP contribution in [0.25, 0.3) is 0 Å². The standard InChI is InChI=1S/C14H20N2O4S2/c1-11(7-8-16-9-10-21-13(16)14(17)18)15-22(19,20)12-5-3-2-4-6-12/h2-6,11,13,15H,7-10H2,1H3,(H,17,18)/t11-,13?/m1/s1. The number of benzene rings is 1. The number of rotatable bonds is 7. The van der Waals surface area contributed by atoms with Gasteiger partial charge in [0.25, 0.3) is 0 Å². The minimum atomic E-state index is -3.53. The number of sulfonamides is 1. The van der Waals surface area contributed by atoms with E-state index in [0.717, 1.165) is 12.3 Å². The van der Waals surface area contributed by atoms with Crippen LogP contribution in [-0.4, -0.2) is 54.7 Å². The molecular weight excluding hydrogens is 324 g/mol. The van der Waals surface area contributed by atoms with Gasteiger partial charge in [0.1, 0.15) is 0 Å². The fourth-order valence-electron chi connectivity index (χ4n) is 2.31. The van der Waals surface area contributed by atoms with Crippen LogP contribution in [0.3, 0.4) is 0 Å². The van der Waals surface area contributed by atoms with Crippen LogP contribution in [-0.2, 0) is 14.8 Å². The second-order valence-corrected chi connectivity index (χ2v) is 8.12. The highest BCUT2D eigenvalue weighted by molar-refractivity contribution is 8.00. The fourth-order valence-corrected chi connectivity index (χ4v) is 4.74. The molecule has 2 atom stereocenters. The van der Waals surface area contributed by atoms with E-state index in [1.54, 1.807) is 37.3 Å². The molecule has 0 radical (unpaired) electrons. The third-order valence-electron chi connectivity index (χ3n) is 3.46. The van der Waals surface area contributed by atoms with Gasteiger partial charge in [-0.15, -0.1) is 11.8 Å². The largest absolute Gasteiger partial charge is 0.479 e. The van der Waals surface area contributed by atoms with Crippen molar-refractivity contribution in [1.82, 2.24) is 9.62 Å². The Morgan fingerprint density at radius 1 is 1.45 bits per heavy atom. The van der Waals surface area contributed by atoms with E-state index in [1.807, 2.05) is 4.90 Å². The predicted octanol–water partition coefficient (Wildman–Crippen LogP) is 1.20. The number of carbonyl (C=O) groups is 1. The van der Waals surface area contributed by atoms with Crippen LogP contribution in [0.1, 0.15) is 13.3 Å². The summed E-state index contributed by atoms with van der Waals surface area (Å²) in [5.41, 5.74) is 0. The van der Waals surface area contributed by atoms with Gasteiger partial charge in [-0.05, 0) is 25.5 Å². The van der Waals surface area contributed by atoms with Crippen molar-refractivity contribution in [2.45, 2.75) is 29.7 Å². The van der Waals surface area contributed by atoms with Gasteiger partial charge in [-0.25, -0.2) is 17.9 Å². The van der Waals surface area contributed by atoms with E-state index in [0.29, 0.717) is 13.0 Å². The van der Waals surface area contributed by atoms with Crippen LogP contribution in [0, 0.1) is 0 Å². The molecule has 2 rings (SSSR count). The molecule has 1 saturated heterocycles. The highest BCUT2D eigenvalue weighted by Gasteiger charge is 2.31. The third-order valence-corrected chi connectivity index (χ3v) is 6.30. The molecule has 1 aromatic carbocycles. The number of hydrogen-bond donors (Lipinski definition) is 2. The van der Waals surface area contributed by atoms with Gasteiger partial charge in [-0.2, -0.15) is 0 Å². The third kappa shape index (κ3) is 4.45. The SMILES string of the molecule is C[C@H](CCN1CCSC1C(=O)O)NS(=O)(=O)c1ccccc1. The maximum atomic E-state index is 12.2. The van der Waals surface area contributed by atoms with Gasteiger partial charge in [0.05, 0.1) is 4.90 Å². The van der Waals surface area contributed by atoms with Crippen molar-refractivity contribution in [3.05, 3.63) is 30.3 Å². The second kappa shape index (κ2) is 7.45. The molecule has 6 nitrogen and oxygen atoms in total. The maximum absolute atomic E-state index is 12.2. The van der Waals surface area contributed by atoms with Crippen LogP contribution in [0.2, 0.25) is 0 Å². The summed E-state index contributed by atoms with van der Waals surface area (Å²) in [7, 11) is -3.53. The molecule has 0 aliphatic carbocycles. The van der Waals surface area contributed by atoms with Gasteiger partial charge in [-0.1, -0.05) is 18.2 Å². The first-order chi connectivity index (χ1) is 10.4. The molecule has 22 heavy (non-hydrogen) atoms. The highest BCUT2D eigenvalue weighted by Crippen LogP contribution is 2.24. The van der Waals surface area contributed by atoms with Gasteiger partial charge >= 0.3 is 5.97 Å². The number of aliphatic carboxylic acids is 1. The molecule has 1 aliphatic heterocycles. The summed E-state index contributed by atoms with van der Waals surface area (Å²) in [6, 6.07) is 7.96. The van der Waals surface area contributed by atoms with E-state index < -0.39 is 21.4 Å². The Bertz CT molecular complexity index is 607.